The number of carbonyl (C=O) groups excluding carboxylic acids is 1. The van der Waals surface area contributed by atoms with Crippen LogP contribution in [0.4, 0.5) is 0 Å². The monoisotopic (exact) mass is 361 g/mol. The third-order valence-electron chi connectivity index (χ3n) is 4.82. The molecule has 136 valence electrons. The van der Waals surface area contributed by atoms with Crippen LogP contribution in [0.15, 0.2) is 42.5 Å². The van der Waals surface area contributed by atoms with Gasteiger partial charge in [0.15, 0.2) is 0 Å². The quantitative estimate of drug-likeness (QED) is 0.858. The van der Waals surface area contributed by atoms with Gasteiger partial charge in [-0.3, -0.25) is 4.79 Å². The molecule has 0 atom stereocenters. The summed E-state index contributed by atoms with van der Waals surface area (Å²) in [5.41, 5.74) is 1.38. The Hall–Kier alpha value is -1.62. The van der Waals surface area contributed by atoms with Crippen molar-refractivity contribution in [3.05, 3.63) is 48.0 Å². The number of piperazine rings is 1. The molecule has 25 heavy (non-hydrogen) atoms. The average Bonchev–Trinajstić information content (AvgIpc) is 2.65. The summed E-state index contributed by atoms with van der Waals surface area (Å²) in [6.45, 7) is 5.33. The first-order valence-electron chi connectivity index (χ1n) is 8.88. The molecule has 0 radical (unpaired) electrons. The second-order valence-corrected chi connectivity index (χ2v) is 6.57. The number of nitrogens with zero attached hydrogens (tertiary/aromatic N) is 2. The first-order valence-corrected chi connectivity index (χ1v) is 8.88. The highest BCUT2D eigenvalue weighted by molar-refractivity contribution is 5.86. The molecule has 1 aliphatic rings. The number of amides is 1. The van der Waals surface area contributed by atoms with Crippen molar-refractivity contribution in [3.8, 4) is 0 Å². The molecule has 0 spiro atoms. The normalized spacial score (nSPS) is 14.6. The van der Waals surface area contributed by atoms with Gasteiger partial charge in [-0.25, -0.2) is 0 Å². The molecule has 5 heteroatoms. The van der Waals surface area contributed by atoms with Gasteiger partial charge in [0, 0.05) is 45.7 Å². The Bertz CT molecular complexity index is 680. The van der Waals surface area contributed by atoms with Crippen LogP contribution >= 0.6 is 12.4 Å². The molecular weight excluding hydrogens is 334 g/mol. The smallest absolute Gasteiger partial charge is 0.223 e. The molecular formula is C20H28ClN3O. The molecule has 0 bridgehead atoms. The predicted molar refractivity (Wildman–Crippen MR) is 106 cm³/mol. The van der Waals surface area contributed by atoms with Gasteiger partial charge < -0.3 is 15.1 Å². The second-order valence-electron chi connectivity index (χ2n) is 6.57. The van der Waals surface area contributed by atoms with E-state index in [0.717, 1.165) is 45.7 Å². The summed E-state index contributed by atoms with van der Waals surface area (Å²) in [4.78, 5) is 16.5. The number of halogens is 1. The van der Waals surface area contributed by atoms with Crippen molar-refractivity contribution < 1.29 is 4.79 Å². The maximum atomic E-state index is 12.2. The van der Waals surface area contributed by atoms with Crippen LogP contribution < -0.4 is 5.32 Å². The van der Waals surface area contributed by atoms with Crippen LogP contribution in [-0.4, -0.2) is 62.0 Å². The summed E-state index contributed by atoms with van der Waals surface area (Å²) < 4.78 is 0. The molecule has 1 heterocycles. The van der Waals surface area contributed by atoms with E-state index in [1.807, 2.05) is 4.90 Å². The number of likely N-dealkylation sites (N-methyl/N-ethyl adjacent to an activating group) is 1. The van der Waals surface area contributed by atoms with Crippen LogP contribution in [0.3, 0.4) is 0 Å². The Balaban J connectivity index is 0.00000225. The highest BCUT2D eigenvalue weighted by Crippen LogP contribution is 2.19. The molecule has 0 unspecified atom stereocenters. The van der Waals surface area contributed by atoms with Gasteiger partial charge in [-0.2, -0.15) is 0 Å². The van der Waals surface area contributed by atoms with Crippen molar-refractivity contribution in [3.63, 3.8) is 0 Å². The summed E-state index contributed by atoms with van der Waals surface area (Å²) in [7, 11) is 2.11. The second kappa shape index (κ2) is 9.76. The minimum absolute atomic E-state index is 0. The highest BCUT2D eigenvalue weighted by atomic mass is 35.5. The van der Waals surface area contributed by atoms with Gasteiger partial charge in [0.1, 0.15) is 0 Å². The number of hydrogen-bond donors (Lipinski definition) is 1. The summed E-state index contributed by atoms with van der Waals surface area (Å²) in [6, 6.07) is 15.0. The minimum atomic E-state index is 0. The SMILES string of the molecule is CN(CCC(=O)N1CCNCC1)CCc1cccc2ccccc12.Cl. The molecule has 0 aliphatic carbocycles. The van der Waals surface area contributed by atoms with E-state index in [4.69, 9.17) is 0 Å². The van der Waals surface area contributed by atoms with Crippen molar-refractivity contribution in [2.24, 2.45) is 0 Å². The predicted octanol–water partition coefficient (Wildman–Crippen LogP) is 2.56. The van der Waals surface area contributed by atoms with Gasteiger partial charge in [-0.1, -0.05) is 42.5 Å². The molecule has 1 aliphatic heterocycles. The van der Waals surface area contributed by atoms with Gasteiger partial charge in [0.2, 0.25) is 5.91 Å². The zero-order valence-corrected chi connectivity index (χ0v) is 15.7. The van der Waals surface area contributed by atoms with Crippen LogP contribution in [-0.2, 0) is 11.2 Å². The van der Waals surface area contributed by atoms with Crippen molar-refractivity contribution in [1.82, 2.24) is 15.1 Å². The fourth-order valence-electron chi connectivity index (χ4n) is 3.29. The number of fused-ring (bicyclic) bond motifs is 1. The lowest BCUT2D eigenvalue weighted by atomic mass is 10.0. The van der Waals surface area contributed by atoms with Gasteiger partial charge in [0.25, 0.3) is 0 Å². The van der Waals surface area contributed by atoms with Crippen molar-refractivity contribution in [2.75, 3.05) is 46.3 Å². The van der Waals surface area contributed by atoms with E-state index < -0.39 is 0 Å². The Kier molecular flexibility index (Phi) is 7.69. The van der Waals surface area contributed by atoms with E-state index in [1.165, 1.54) is 16.3 Å². The first kappa shape index (κ1) is 19.7. The molecule has 1 fully saturated rings. The Morgan fingerprint density at radius 1 is 1.08 bits per heavy atom. The zero-order chi connectivity index (χ0) is 16.8. The Morgan fingerprint density at radius 2 is 1.80 bits per heavy atom. The summed E-state index contributed by atoms with van der Waals surface area (Å²) in [5.74, 6) is 0.286. The largest absolute Gasteiger partial charge is 0.340 e. The third-order valence-corrected chi connectivity index (χ3v) is 4.82. The third kappa shape index (κ3) is 5.43. The molecule has 2 aromatic rings. The fourth-order valence-corrected chi connectivity index (χ4v) is 3.29. The van der Waals surface area contributed by atoms with Crippen LogP contribution in [0.1, 0.15) is 12.0 Å². The Labute approximate surface area is 156 Å². The first-order chi connectivity index (χ1) is 11.7. The molecule has 2 aromatic carbocycles. The molecule has 1 saturated heterocycles. The summed E-state index contributed by atoms with van der Waals surface area (Å²) >= 11 is 0. The van der Waals surface area contributed by atoms with E-state index in [0.29, 0.717) is 6.42 Å². The van der Waals surface area contributed by atoms with Gasteiger partial charge in [-0.05, 0) is 29.8 Å². The molecule has 3 rings (SSSR count). The van der Waals surface area contributed by atoms with Crippen LogP contribution in [0.25, 0.3) is 10.8 Å². The maximum absolute atomic E-state index is 12.2. The lowest BCUT2D eigenvalue weighted by molar-refractivity contribution is -0.132. The molecule has 1 N–H and O–H groups in total. The number of rotatable bonds is 6. The van der Waals surface area contributed by atoms with E-state index in [9.17, 15) is 4.79 Å². The fraction of sp³-hybridized carbons (Fsp3) is 0.450. The van der Waals surface area contributed by atoms with Gasteiger partial charge in [-0.15, -0.1) is 12.4 Å². The number of carbonyl (C=O) groups is 1. The molecule has 1 amide bonds. The Morgan fingerprint density at radius 3 is 2.60 bits per heavy atom. The van der Waals surface area contributed by atoms with Crippen molar-refractivity contribution >= 4 is 29.1 Å². The topological polar surface area (TPSA) is 35.6 Å². The standard InChI is InChI=1S/C20H27N3O.ClH/c1-22(14-10-20(24)23-15-11-21-12-16-23)13-9-18-7-4-6-17-5-2-3-8-19(17)18;/h2-8,21H,9-16H2,1H3;1H. The van der Waals surface area contributed by atoms with E-state index in [-0.39, 0.29) is 18.3 Å². The molecule has 0 aromatic heterocycles. The van der Waals surface area contributed by atoms with Crippen LogP contribution in [0.2, 0.25) is 0 Å². The summed E-state index contributed by atoms with van der Waals surface area (Å²) in [6.07, 6.45) is 1.63. The van der Waals surface area contributed by atoms with E-state index in [1.54, 1.807) is 0 Å². The van der Waals surface area contributed by atoms with Crippen LogP contribution in [0.5, 0.6) is 0 Å². The highest BCUT2D eigenvalue weighted by Gasteiger charge is 2.16. The number of hydrogen-bond acceptors (Lipinski definition) is 3. The van der Waals surface area contributed by atoms with Gasteiger partial charge in [0.05, 0.1) is 0 Å². The lowest BCUT2D eigenvalue weighted by Crippen LogP contribution is -2.47. The molecule has 4 nitrogen and oxygen atoms in total. The van der Waals surface area contributed by atoms with E-state index in [2.05, 4.69) is 59.7 Å². The van der Waals surface area contributed by atoms with Crippen molar-refractivity contribution in [2.45, 2.75) is 12.8 Å². The minimum Gasteiger partial charge on any atom is -0.340 e. The zero-order valence-electron chi connectivity index (χ0n) is 14.9. The maximum Gasteiger partial charge on any atom is 0.223 e. The van der Waals surface area contributed by atoms with Gasteiger partial charge >= 0.3 is 0 Å². The number of nitrogens with one attached hydrogen (secondary N) is 1. The average molecular weight is 362 g/mol. The van der Waals surface area contributed by atoms with Crippen LogP contribution in [0, 0.1) is 0 Å². The van der Waals surface area contributed by atoms with E-state index >= 15 is 0 Å². The summed E-state index contributed by atoms with van der Waals surface area (Å²) in [5, 5.41) is 5.92. The van der Waals surface area contributed by atoms with Crippen molar-refractivity contribution in [1.29, 1.82) is 0 Å². The number of benzene rings is 2. The molecule has 0 saturated carbocycles. The lowest BCUT2D eigenvalue weighted by Gasteiger charge is -2.28.